The van der Waals surface area contributed by atoms with Crippen LogP contribution in [0.4, 0.5) is 4.79 Å². The van der Waals surface area contributed by atoms with Crippen LogP contribution >= 0.6 is 23.4 Å². The number of aromatic nitrogens is 1. The third-order valence-corrected chi connectivity index (χ3v) is 7.23. The molecule has 0 bridgehead atoms. The maximum Gasteiger partial charge on any atom is 0.293 e. The summed E-state index contributed by atoms with van der Waals surface area (Å²) in [6, 6.07) is 15.0. The first-order valence-electron chi connectivity index (χ1n) is 11.1. The predicted octanol–water partition coefficient (Wildman–Crippen LogP) is 5.80. The zero-order valence-corrected chi connectivity index (χ0v) is 20.8. The number of hydrogen-bond acceptors (Lipinski definition) is 6. The monoisotopic (exact) mass is 510 g/mol. The number of carbonyl (C=O) groups excluding carboxylic acids is 2. The Kier molecular flexibility index (Phi) is 6.49. The van der Waals surface area contributed by atoms with E-state index in [1.54, 1.807) is 18.2 Å². The van der Waals surface area contributed by atoms with E-state index in [0.29, 0.717) is 40.1 Å². The molecular formula is C26H23ClN2O5S. The molecule has 1 saturated heterocycles. The molecule has 180 valence electrons. The summed E-state index contributed by atoms with van der Waals surface area (Å²) in [6.07, 6.45) is 1.78. The van der Waals surface area contributed by atoms with Crippen LogP contribution in [-0.4, -0.2) is 34.0 Å². The fourth-order valence-corrected chi connectivity index (χ4v) is 5.16. The SMILES string of the molecule is Cc1cc(/C=C2\SC(=O)N(Cc3cc4c(cc3Cl)OCO4)C2=O)c(C)n1CCOc1ccccc1. The van der Waals surface area contributed by atoms with Gasteiger partial charge < -0.3 is 18.8 Å². The van der Waals surface area contributed by atoms with E-state index in [-0.39, 0.29) is 24.5 Å². The maximum atomic E-state index is 13.1. The number of amides is 2. The summed E-state index contributed by atoms with van der Waals surface area (Å²) in [7, 11) is 0. The Morgan fingerprint density at radius 2 is 1.83 bits per heavy atom. The van der Waals surface area contributed by atoms with Crippen LogP contribution < -0.4 is 14.2 Å². The van der Waals surface area contributed by atoms with Gasteiger partial charge in [-0.2, -0.15) is 0 Å². The second kappa shape index (κ2) is 9.71. The van der Waals surface area contributed by atoms with Crippen LogP contribution in [0.5, 0.6) is 17.2 Å². The van der Waals surface area contributed by atoms with E-state index in [0.717, 1.165) is 34.5 Å². The van der Waals surface area contributed by atoms with Crippen molar-refractivity contribution in [2.24, 2.45) is 0 Å². The Morgan fingerprint density at radius 1 is 1.09 bits per heavy atom. The highest BCUT2D eigenvalue weighted by molar-refractivity contribution is 8.18. The summed E-state index contributed by atoms with van der Waals surface area (Å²) in [4.78, 5) is 27.3. The molecule has 3 heterocycles. The second-order valence-corrected chi connectivity index (χ2v) is 9.60. The first-order chi connectivity index (χ1) is 16.9. The van der Waals surface area contributed by atoms with E-state index in [4.69, 9.17) is 25.8 Å². The van der Waals surface area contributed by atoms with Gasteiger partial charge in [-0.25, -0.2) is 0 Å². The Hall–Kier alpha value is -3.36. The molecule has 2 amide bonds. The van der Waals surface area contributed by atoms with Crippen molar-refractivity contribution in [2.45, 2.75) is 26.9 Å². The third kappa shape index (κ3) is 4.76. The average molecular weight is 511 g/mol. The molecule has 1 aromatic heterocycles. The quantitative estimate of drug-likeness (QED) is 0.374. The minimum atomic E-state index is -0.342. The van der Waals surface area contributed by atoms with Gasteiger partial charge in [-0.05, 0) is 67.1 Å². The highest BCUT2D eigenvalue weighted by atomic mass is 35.5. The highest BCUT2D eigenvalue weighted by Gasteiger charge is 2.36. The lowest BCUT2D eigenvalue weighted by Crippen LogP contribution is -2.27. The summed E-state index contributed by atoms with van der Waals surface area (Å²) in [5, 5.41) is 0.0820. The Balaban J connectivity index is 1.30. The minimum Gasteiger partial charge on any atom is -0.492 e. The molecule has 2 aromatic carbocycles. The fraction of sp³-hybridized carbons (Fsp3) is 0.231. The van der Waals surface area contributed by atoms with Crippen LogP contribution in [0.1, 0.15) is 22.5 Å². The van der Waals surface area contributed by atoms with Crippen molar-refractivity contribution >= 4 is 40.6 Å². The van der Waals surface area contributed by atoms with Crippen LogP contribution in [0, 0.1) is 13.8 Å². The van der Waals surface area contributed by atoms with E-state index in [9.17, 15) is 9.59 Å². The van der Waals surface area contributed by atoms with Crippen molar-refractivity contribution in [1.29, 1.82) is 0 Å². The summed E-state index contributed by atoms with van der Waals surface area (Å²) in [6.45, 7) is 5.39. The van der Waals surface area contributed by atoms with E-state index in [2.05, 4.69) is 4.57 Å². The van der Waals surface area contributed by atoms with Gasteiger partial charge in [-0.3, -0.25) is 14.5 Å². The Morgan fingerprint density at radius 3 is 2.60 bits per heavy atom. The van der Waals surface area contributed by atoms with Gasteiger partial charge in [-0.15, -0.1) is 0 Å². The summed E-state index contributed by atoms with van der Waals surface area (Å²) in [5.41, 5.74) is 3.58. The zero-order valence-electron chi connectivity index (χ0n) is 19.2. The first kappa shape index (κ1) is 23.4. The number of ether oxygens (including phenoxy) is 3. The molecule has 0 unspecified atom stereocenters. The zero-order chi connectivity index (χ0) is 24.5. The molecule has 0 radical (unpaired) electrons. The topological polar surface area (TPSA) is 70.0 Å². The van der Waals surface area contributed by atoms with Crippen LogP contribution in [0.15, 0.2) is 53.4 Å². The molecule has 7 nitrogen and oxygen atoms in total. The maximum absolute atomic E-state index is 13.1. The van der Waals surface area contributed by atoms with E-state index >= 15 is 0 Å². The number of aryl methyl sites for hydroxylation is 1. The molecule has 1 fully saturated rings. The Bertz CT molecular complexity index is 1340. The molecule has 2 aliphatic rings. The number of hydrogen-bond donors (Lipinski definition) is 0. The van der Waals surface area contributed by atoms with Crippen LogP contribution in [0.2, 0.25) is 5.02 Å². The molecule has 9 heteroatoms. The number of carbonyl (C=O) groups is 2. The summed E-state index contributed by atoms with van der Waals surface area (Å²) < 4.78 is 18.7. The van der Waals surface area contributed by atoms with Crippen molar-refractivity contribution < 1.29 is 23.8 Å². The standard InChI is InChI=1S/C26H23ClN2O5S/c1-16-10-18(17(2)28(16)8-9-32-20-6-4-3-5-7-20)12-24-25(30)29(26(31)35-24)14-19-11-22-23(13-21(19)27)34-15-33-22/h3-7,10-13H,8-9,14-15H2,1-2H3/b24-12-. The molecule has 0 atom stereocenters. The number of nitrogens with zero attached hydrogens (tertiary/aromatic N) is 2. The highest BCUT2D eigenvalue weighted by Crippen LogP contribution is 2.39. The average Bonchev–Trinajstić information content (AvgIpc) is 3.48. The lowest BCUT2D eigenvalue weighted by atomic mass is 10.2. The van der Waals surface area contributed by atoms with Gasteiger partial charge in [0.25, 0.3) is 11.1 Å². The number of rotatable bonds is 7. The molecule has 35 heavy (non-hydrogen) atoms. The van der Waals surface area contributed by atoms with Gasteiger partial charge in [0.05, 0.1) is 18.0 Å². The van der Waals surface area contributed by atoms with Crippen molar-refractivity contribution in [1.82, 2.24) is 9.47 Å². The van der Waals surface area contributed by atoms with Crippen molar-refractivity contribution in [3.05, 3.63) is 81.0 Å². The number of benzene rings is 2. The fourth-order valence-electron chi connectivity index (χ4n) is 4.12. The Labute approximate surface area is 212 Å². The van der Waals surface area contributed by atoms with E-state index < -0.39 is 0 Å². The first-order valence-corrected chi connectivity index (χ1v) is 12.3. The van der Waals surface area contributed by atoms with Crippen LogP contribution in [0.3, 0.4) is 0 Å². The van der Waals surface area contributed by atoms with Crippen molar-refractivity contribution in [3.63, 3.8) is 0 Å². The molecular weight excluding hydrogens is 488 g/mol. The van der Waals surface area contributed by atoms with Gasteiger partial charge in [0.15, 0.2) is 11.5 Å². The number of para-hydroxylation sites is 1. The molecule has 0 aliphatic carbocycles. The number of fused-ring (bicyclic) bond motifs is 1. The molecule has 5 rings (SSSR count). The molecule has 0 spiro atoms. The van der Waals surface area contributed by atoms with Crippen LogP contribution in [0.25, 0.3) is 6.08 Å². The number of halogens is 1. The summed E-state index contributed by atoms with van der Waals surface area (Å²) in [5.74, 6) is 1.59. The van der Waals surface area contributed by atoms with Gasteiger partial charge >= 0.3 is 0 Å². The van der Waals surface area contributed by atoms with E-state index in [1.165, 1.54) is 4.90 Å². The third-order valence-electron chi connectivity index (χ3n) is 5.97. The van der Waals surface area contributed by atoms with Crippen molar-refractivity contribution in [3.8, 4) is 17.2 Å². The van der Waals surface area contributed by atoms with Gasteiger partial charge in [0.2, 0.25) is 6.79 Å². The molecule has 2 aliphatic heterocycles. The summed E-state index contributed by atoms with van der Waals surface area (Å²) >= 11 is 7.28. The van der Waals surface area contributed by atoms with Crippen LogP contribution in [-0.2, 0) is 17.9 Å². The molecule has 0 N–H and O–H groups in total. The van der Waals surface area contributed by atoms with E-state index in [1.807, 2.05) is 50.2 Å². The lowest BCUT2D eigenvalue weighted by Gasteiger charge is -2.14. The van der Waals surface area contributed by atoms with Gasteiger partial charge in [0.1, 0.15) is 12.4 Å². The molecule has 0 saturated carbocycles. The second-order valence-electron chi connectivity index (χ2n) is 8.20. The number of thioether (sulfide) groups is 1. The molecule has 3 aromatic rings. The smallest absolute Gasteiger partial charge is 0.293 e. The van der Waals surface area contributed by atoms with Gasteiger partial charge in [-0.1, -0.05) is 29.8 Å². The normalized spacial score (nSPS) is 16.0. The minimum absolute atomic E-state index is 0.0628. The predicted molar refractivity (Wildman–Crippen MR) is 135 cm³/mol. The van der Waals surface area contributed by atoms with Crippen molar-refractivity contribution in [2.75, 3.05) is 13.4 Å². The largest absolute Gasteiger partial charge is 0.492 e. The lowest BCUT2D eigenvalue weighted by molar-refractivity contribution is -0.123. The number of imide groups is 1. The van der Waals surface area contributed by atoms with Gasteiger partial charge in [0, 0.05) is 22.5 Å².